The summed E-state index contributed by atoms with van der Waals surface area (Å²) >= 11 is 0. The van der Waals surface area contributed by atoms with E-state index in [9.17, 15) is 9.59 Å². The summed E-state index contributed by atoms with van der Waals surface area (Å²) < 4.78 is 0. The van der Waals surface area contributed by atoms with Crippen molar-refractivity contribution in [1.29, 1.82) is 0 Å². The normalized spacial score (nSPS) is 20.0. The molecule has 0 unspecified atom stereocenters. The fourth-order valence-corrected chi connectivity index (χ4v) is 2.73. The number of Topliss-reactive ketones (excluding diaryl/α,β-unsaturated/α-hetero) is 2. The summed E-state index contributed by atoms with van der Waals surface area (Å²) in [5, 5.41) is 2.86. The van der Waals surface area contributed by atoms with E-state index < -0.39 is 0 Å². The van der Waals surface area contributed by atoms with Gasteiger partial charge in [0.2, 0.25) is 5.78 Å². The molecule has 130 valence electrons. The molecule has 0 aromatic rings. The molecule has 0 bridgehead atoms. The lowest BCUT2D eigenvalue weighted by molar-refractivity contribution is -0.116. The Hall–Kier alpha value is -2.94. The van der Waals surface area contributed by atoms with Crippen LogP contribution in [0.3, 0.4) is 0 Å². The number of carbonyl (C=O) groups is 2. The van der Waals surface area contributed by atoms with Crippen LogP contribution >= 0.6 is 0 Å². The van der Waals surface area contributed by atoms with Crippen LogP contribution in [0.4, 0.5) is 0 Å². The van der Waals surface area contributed by atoms with Crippen LogP contribution in [0, 0.1) is 0 Å². The van der Waals surface area contributed by atoms with Gasteiger partial charge < -0.3 is 5.32 Å². The first-order chi connectivity index (χ1) is 12.0. The molecular weight excluding hydrogens is 310 g/mol. The summed E-state index contributed by atoms with van der Waals surface area (Å²) in [5.74, 6) is -0.425. The Morgan fingerprint density at radius 2 is 1.72 bits per heavy atom. The lowest BCUT2D eigenvalue weighted by atomic mass is 9.80. The van der Waals surface area contributed by atoms with Crippen molar-refractivity contribution in [2.75, 3.05) is 7.05 Å². The van der Waals surface area contributed by atoms with Crippen molar-refractivity contribution in [3.05, 3.63) is 95.3 Å². The average Bonchev–Trinajstić information content (AvgIpc) is 2.62. The highest BCUT2D eigenvalue weighted by molar-refractivity contribution is 6.30. The predicted molar refractivity (Wildman–Crippen MR) is 105 cm³/mol. The highest BCUT2D eigenvalue weighted by atomic mass is 16.1. The number of nitrogens with one attached hydrogen (secondary N) is 1. The van der Waals surface area contributed by atoms with E-state index in [2.05, 4.69) is 18.5 Å². The molecule has 0 atom stereocenters. The van der Waals surface area contributed by atoms with Crippen molar-refractivity contribution >= 4 is 11.6 Å². The van der Waals surface area contributed by atoms with E-state index in [1.54, 1.807) is 32.2 Å². The van der Waals surface area contributed by atoms with Gasteiger partial charge in [0.05, 0.1) is 5.70 Å². The number of allylic oxidation sites excluding steroid dienone is 13. The fourth-order valence-electron chi connectivity index (χ4n) is 2.73. The Bertz CT molecular complexity index is 781. The van der Waals surface area contributed by atoms with Crippen LogP contribution in [0.25, 0.3) is 0 Å². The third-order valence-electron chi connectivity index (χ3n) is 3.86. The molecule has 1 aliphatic rings. The van der Waals surface area contributed by atoms with Crippen LogP contribution in [0.15, 0.2) is 95.3 Å². The average molecular weight is 335 g/mol. The summed E-state index contributed by atoms with van der Waals surface area (Å²) in [4.78, 5) is 26.0. The van der Waals surface area contributed by atoms with Crippen molar-refractivity contribution in [1.82, 2.24) is 5.32 Å². The SMILES string of the molecule is C=C\C=C/C(=C\C)C(/C=C\C)=C1\C(=O)C(NC)=C(C=C)C(=O)\C1=C/C. The van der Waals surface area contributed by atoms with Crippen molar-refractivity contribution in [3.8, 4) is 0 Å². The highest BCUT2D eigenvalue weighted by Gasteiger charge is 2.34. The Morgan fingerprint density at radius 1 is 1.04 bits per heavy atom. The summed E-state index contributed by atoms with van der Waals surface area (Å²) in [7, 11) is 1.63. The fraction of sp³-hybridized carbons (Fsp3) is 0.182. The van der Waals surface area contributed by atoms with Gasteiger partial charge in [0, 0.05) is 23.8 Å². The Kier molecular flexibility index (Phi) is 7.54. The molecule has 0 aliphatic heterocycles. The lowest BCUT2D eigenvalue weighted by Gasteiger charge is -2.23. The number of hydrogen-bond acceptors (Lipinski definition) is 3. The molecule has 0 amide bonds. The van der Waals surface area contributed by atoms with Crippen molar-refractivity contribution in [2.24, 2.45) is 0 Å². The highest BCUT2D eigenvalue weighted by Crippen LogP contribution is 2.33. The van der Waals surface area contributed by atoms with Gasteiger partial charge in [-0.25, -0.2) is 0 Å². The predicted octanol–water partition coefficient (Wildman–Crippen LogP) is 4.31. The molecule has 0 aromatic heterocycles. The molecule has 0 saturated carbocycles. The molecule has 1 aliphatic carbocycles. The molecule has 0 heterocycles. The van der Waals surface area contributed by atoms with Gasteiger partial charge in [-0.05, 0) is 31.9 Å². The minimum Gasteiger partial charge on any atom is -0.384 e. The molecule has 0 saturated heterocycles. The maximum Gasteiger partial charge on any atom is 0.210 e. The minimum atomic E-state index is -0.218. The first-order valence-electron chi connectivity index (χ1n) is 8.15. The molecule has 1 N–H and O–H groups in total. The number of ketones is 2. The van der Waals surface area contributed by atoms with E-state index in [1.807, 2.05) is 38.2 Å². The van der Waals surface area contributed by atoms with Crippen LogP contribution in [0.2, 0.25) is 0 Å². The van der Waals surface area contributed by atoms with Gasteiger partial charge in [-0.2, -0.15) is 0 Å². The second-order valence-corrected chi connectivity index (χ2v) is 5.23. The van der Waals surface area contributed by atoms with Gasteiger partial charge >= 0.3 is 0 Å². The van der Waals surface area contributed by atoms with Crippen LogP contribution in [-0.2, 0) is 9.59 Å². The van der Waals surface area contributed by atoms with Gasteiger partial charge in [-0.15, -0.1) is 0 Å². The minimum absolute atomic E-state index is 0.207. The van der Waals surface area contributed by atoms with Crippen LogP contribution < -0.4 is 5.32 Å². The lowest BCUT2D eigenvalue weighted by Crippen LogP contribution is -2.31. The summed E-state index contributed by atoms with van der Waals surface area (Å²) in [5.41, 5.74) is 2.88. The summed E-state index contributed by atoms with van der Waals surface area (Å²) in [6.45, 7) is 12.9. The molecule has 0 aromatic carbocycles. The molecular formula is C22H25NO2. The zero-order chi connectivity index (χ0) is 19.0. The topological polar surface area (TPSA) is 46.2 Å². The van der Waals surface area contributed by atoms with E-state index in [-0.39, 0.29) is 17.3 Å². The van der Waals surface area contributed by atoms with Gasteiger partial charge in [0.1, 0.15) is 0 Å². The van der Waals surface area contributed by atoms with E-state index in [0.29, 0.717) is 22.3 Å². The number of rotatable bonds is 6. The molecule has 1 rings (SSSR count). The molecule has 0 radical (unpaired) electrons. The molecule has 0 spiro atoms. The third-order valence-corrected chi connectivity index (χ3v) is 3.86. The van der Waals surface area contributed by atoms with Crippen molar-refractivity contribution < 1.29 is 9.59 Å². The van der Waals surface area contributed by atoms with Crippen LogP contribution in [0.1, 0.15) is 20.8 Å². The first-order valence-corrected chi connectivity index (χ1v) is 8.15. The third kappa shape index (κ3) is 3.94. The van der Waals surface area contributed by atoms with Gasteiger partial charge in [0.15, 0.2) is 5.78 Å². The maximum atomic E-state index is 13.1. The van der Waals surface area contributed by atoms with Crippen LogP contribution in [-0.4, -0.2) is 18.6 Å². The zero-order valence-electron chi connectivity index (χ0n) is 15.3. The largest absolute Gasteiger partial charge is 0.384 e. The summed E-state index contributed by atoms with van der Waals surface area (Å²) in [6, 6.07) is 0. The number of hydrogen-bond donors (Lipinski definition) is 1. The monoisotopic (exact) mass is 335 g/mol. The quantitative estimate of drug-likeness (QED) is 0.581. The zero-order valence-corrected chi connectivity index (χ0v) is 15.3. The van der Waals surface area contributed by atoms with E-state index in [4.69, 9.17) is 0 Å². The molecule has 0 fully saturated rings. The van der Waals surface area contributed by atoms with E-state index in [1.165, 1.54) is 6.08 Å². The second kappa shape index (κ2) is 9.38. The summed E-state index contributed by atoms with van der Waals surface area (Å²) in [6.07, 6.45) is 14.0. The standard InChI is InChI=1S/C22H25NO2/c1-7-12-14-15(9-3)18(13-8-2)19-16(10-4)21(24)17(11-5)20(23-6)22(19)25/h7-14,23H,1,5H2,2-4,6H3/b13-8-,14-12-,15-9+,16-10-,19-18-. The van der Waals surface area contributed by atoms with E-state index >= 15 is 0 Å². The van der Waals surface area contributed by atoms with Crippen LogP contribution in [0.5, 0.6) is 0 Å². The van der Waals surface area contributed by atoms with Gasteiger partial charge in [-0.3, -0.25) is 9.59 Å². The Balaban J connectivity index is 3.91. The number of carbonyl (C=O) groups excluding carboxylic acids is 2. The second-order valence-electron chi connectivity index (χ2n) is 5.23. The Labute approximate surface area is 150 Å². The van der Waals surface area contributed by atoms with Gasteiger partial charge in [0.25, 0.3) is 0 Å². The number of likely N-dealkylation sites (N-methyl/N-ethyl adjacent to an activating group) is 1. The van der Waals surface area contributed by atoms with Crippen molar-refractivity contribution in [3.63, 3.8) is 0 Å². The molecule has 3 heteroatoms. The molecule has 3 nitrogen and oxygen atoms in total. The Morgan fingerprint density at radius 3 is 2.16 bits per heavy atom. The maximum absolute atomic E-state index is 13.1. The first kappa shape index (κ1) is 20.1. The van der Waals surface area contributed by atoms with Crippen molar-refractivity contribution in [2.45, 2.75) is 20.8 Å². The smallest absolute Gasteiger partial charge is 0.210 e. The van der Waals surface area contributed by atoms with E-state index in [0.717, 1.165) is 5.57 Å². The van der Waals surface area contributed by atoms with Gasteiger partial charge in [-0.1, -0.05) is 61.8 Å². The molecule has 25 heavy (non-hydrogen) atoms.